The Kier molecular flexibility index (Phi) is 3.15. The number of carbonyl (C=O) groups excluding carboxylic acids is 1. The zero-order valence-electron chi connectivity index (χ0n) is 15.1. The Bertz CT molecular complexity index is 580. The number of nitrogens with zero attached hydrogens (tertiary/aromatic N) is 1. The van der Waals surface area contributed by atoms with Crippen LogP contribution in [0, 0.1) is 28.6 Å². The van der Waals surface area contributed by atoms with Crippen LogP contribution < -0.4 is 0 Å². The van der Waals surface area contributed by atoms with Crippen LogP contribution in [0.1, 0.15) is 65.7 Å². The molecule has 0 bridgehead atoms. The van der Waals surface area contributed by atoms with Crippen LogP contribution in [0.4, 0.5) is 0 Å². The molecule has 0 aromatic rings. The van der Waals surface area contributed by atoms with Gasteiger partial charge in [0.05, 0.1) is 5.60 Å². The summed E-state index contributed by atoms with van der Waals surface area (Å²) in [5, 5.41) is 10.9. The minimum Gasteiger partial charge on any atom is -0.390 e. The molecule has 1 aliphatic heterocycles. The number of piperidine rings is 1. The third-order valence-corrected chi connectivity index (χ3v) is 8.58. The van der Waals surface area contributed by atoms with Crippen molar-refractivity contribution in [2.75, 3.05) is 7.05 Å². The normalized spacial score (nSPS) is 52.6. The van der Waals surface area contributed by atoms with E-state index < -0.39 is 5.60 Å². The molecule has 0 aromatic heterocycles. The molecule has 3 fully saturated rings. The third-order valence-electron chi connectivity index (χ3n) is 8.58. The summed E-state index contributed by atoms with van der Waals surface area (Å²) in [5.41, 5.74) is 1.00. The van der Waals surface area contributed by atoms with E-state index in [0.29, 0.717) is 24.2 Å². The summed E-state index contributed by atoms with van der Waals surface area (Å²) in [5.74, 6) is 2.26. The monoisotopic (exact) mass is 317 g/mol. The molecule has 0 radical (unpaired) electrons. The van der Waals surface area contributed by atoms with E-state index in [0.717, 1.165) is 25.7 Å². The lowest BCUT2D eigenvalue weighted by Gasteiger charge is -2.59. The van der Waals surface area contributed by atoms with Crippen LogP contribution in [-0.2, 0) is 4.79 Å². The van der Waals surface area contributed by atoms with Crippen molar-refractivity contribution in [1.29, 1.82) is 0 Å². The molecule has 0 spiro atoms. The van der Waals surface area contributed by atoms with E-state index >= 15 is 0 Å². The highest BCUT2D eigenvalue weighted by molar-refractivity contribution is 5.79. The van der Waals surface area contributed by atoms with Gasteiger partial charge in [0, 0.05) is 24.6 Å². The van der Waals surface area contributed by atoms with Crippen LogP contribution in [0.2, 0.25) is 0 Å². The van der Waals surface area contributed by atoms with Gasteiger partial charge in [-0.25, -0.2) is 0 Å². The van der Waals surface area contributed by atoms with Crippen molar-refractivity contribution in [3.63, 3.8) is 0 Å². The molecule has 4 rings (SSSR count). The van der Waals surface area contributed by atoms with Gasteiger partial charge in [0.1, 0.15) is 0 Å². The minimum absolute atomic E-state index is 0.0757. The second-order valence-corrected chi connectivity index (χ2v) is 9.34. The quantitative estimate of drug-likeness (QED) is 0.739. The molecule has 3 heteroatoms. The first-order chi connectivity index (χ1) is 10.7. The molecular formula is C20H31NO2. The fourth-order valence-corrected chi connectivity index (χ4v) is 6.82. The standard InChI is InChI=1S/C20H31NO2/c1-18-10-9-17(22)21(4)16(18)6-5-13-14(18)7-11-19(2)15(13)8-12-20(19,3)23/h6,13-15,23H,5,7-12H2,1-4H3/t13-,14+,15-,18-,19-,20-/m1/s1. The molecule has 3 aliphatic carbocycles. The van der Waals surface area contributed by atoms with Gasteiger partial charge in [0.15, 0.2) is 0 Å². The van der Waals surface area contributed by atoms with Crippen LogP contribution >= 0.6 is 0 Å². The average Bonchev–Trinajstić information content (AvgIpc) is 2.74. The zero-order valence-corrected chi connectivity index (χ0v) is 15.1. The van der Waals surface area contributed by atoms with Gasteiger partial charge in [-0.3, -0.25) is 4.79 Å². The van der Waals surface area contributed by atoms with E-state index in [-0.39, 0.29) is 16.7 Å². The number of fused-ring (bicyclic) bond motifs is 5. The van der Waals surface area contributed by atoms with E-state index in [9.17, 15) is 9.90 Å². The van der Waals surface area contributed by atoms with Crippen molar-refractivity contribution < 1.29 is 9.90 Å². The molecule has 1 saturated heterocycles. The Labute approximate surface area is 140 Å². The van der Waals surface area contributed by atoms with Gasteiger partial charge in [-0.2, -0.15) is 0 Å². The lowest BCUT2D eigenvalue weighted by Crippen LogP contribution is -2.55. The zero-order chi connectivity index (χ0) is 16.6. The molecule has 0 aromatic carbocycles. The van der Waals surface area contributed by atoms with Crippen molar-refractivity contribution in [3.8, 4) is 0 Å². The van der Waals surface area contributed by atoms with Gasteiger partial charge in [-0.05, 0) is 68.6 Å². The van der Waals surface area contributed by atoms with Crippen molar-refractivity contribution in [2.24, 2.45) is 28.6 Å². The van der Waals surface area contributed by atoms with Crippen molar-refractivity contribution >= 4 is 5.91 Å². The van der Waals surface area contributed by atoms with Crippen molar-refractivity contribution in [1.82, 2.24) is 4.90 Å². The predicted octanol–water partition coefficient (Wildman–Crippen LogP) is 3.73. The van der Waals surface area contributed by atoms with Crippen LogP contribution in [0.5, 0.6) is 0 Å². The Morgan fingerprint density at radius 1 is 1.13 bits per heavy atom. The first-order valence-corrected chi connectivity index (χ1v) is 9.40. The molecule has 128 valence electrons. The summed E-state index contributed by atoms with van der Waals surface area (Å²) in [6.45, 7) is 6.79. The first kappa shape index (κ1) is 15.7. The Balaban J connectivity index is 1.72. The van der Waals surface area contributed by atoms with E-state index in [1.807, 2.05) is 11.9 Å². The summed E-state index contributed by atoms with van der Waals surface area (Å²) >= 11 is 0. The van der Waals surface area contributed by atoms with Crippen LogP contribution in [0.3, 0.4) is 0 Å². The number of amides is 1. The van der Waals surface area contributed by atoms with Crippen LogP contribution in [-0.4, -0.2) is 28.6 Å². The molecule has 4 aliphatic rings. The van der Waals surface area contributed by atoms with Crippen molar-refractivity contribution in [2.45, 2.75) is 71.3 Å². The average molecular weight is 317 g/mol. The number of rotatable bonds is 0. The molecule has 1 N–H and O–H groups in total. The van der Waals surface area contributed by atoms with Crippen molar-refractivity contribution in [3.05, 3.63) is 11.8 Å². The molecule has 1 heterocycles. The van der Waals surface area contributed by atoms with Crippen LogP contribution in [0.25, 0.3) is 0 Å². The summed E-state index contributed by atoms with van der Waals surface area (Å²) in [4.78, 5) is 14.1. The smallest absolute Gasteiger partial charge is 0.226 e. The maximum Gasteiger partial charge on any atom is 0.226 e. The highest BCUT2D eigenvalue weighted by Crippen LogP contribution is 2.66. The van der Waals surface area contributed by atoms with E-state index in [4.69, 9.17) is 0 Å². The molecule has 2 saturated carbocycles. The second-order valence-electron chi connectivity index (χ2n) is 9.34. The SMILES string of the molecule is CN1C(=O)CC[C@@]2(C)C1=CC[C@H]1[C@H]3CC[C@@](C)(O)[C@]3(C)CC[C@@H]12. The number of hydrogen-bond donors (Lipinski definition) is 1. The summed E-state index contributed by atoms with van der Waals surface area (Å²) < 4.78 is 0. The van der Waals surface area contributed by atoms with E-state index in [2.05, 4.69) is 26.8 Å². The molecule has 1 amide bonds. The molecular weight excluding hydrogens is 286 g/mol. The predicted molar refractivity (Wildman–Crippen MR) is 90.5 cm³/mol. The molecule has 3 nitrogen and oxygen atoms in total. The number of carbonyl (C=O) groups is 1. The summed E-state index contributed by atoms with van der Waals surface area (Å²) in [6, 6.07) is 0. The number of allylic oxidation sites excluding steroid dienone is 2. The largest absolute Gasteiger partial charge is 0.390 e. The minimum atomic E-state index is -0.507. The summed E-state index contributed by atoms with van der Waals surface area (Å²) in [7, 11) is 1.96. The van der Waals surface area contributed by atoms with Crippen LogP contribution in [0.15, 0.2) is 11.8 Å². The first-order valence-electron chi connectivity index (χ1n) is 9.40. The fraction of sp³-hybridized carbons (Fsp3) is 0.850. The number of hydrogen-bond acceptors (Lipinski definition) is 2. The maximum absolute atomic E-state index is 12.1. The van der Waals surface area contributed by atoms with Gasteiger partial charge in [-0.15, -0.1) is 0 Å². The van der Waals surface area contributed by atoms with Gasteiger partial charge in [-0.1, -0.05) is 19.9 Å². The number of aliphatic hydroxyl groups is 1. The van der Waals surface area contributed by atoms with Gasteiger partial charge >= 0.3 is 0 Å². The van der Waals surface area contributed by atoms with Gasteiger partial charge in [0.25, 0.3) is 0 Å². The van der Waals surface area contributed by atoms with E-state index in [1.54, 1.807) is 0 Å². The lowest BCUT2D eigenvalue weighted by molar-refractivity contribution is -0.139. The Hall–Kier alpha value is -0.830. The maximum atomic E-state index is 12.1. The van der Waals surface area contributed by atoms with E-state index in [1.165, 1.54) is 18.5 Å². The lowest BCUT2D eigenvalue weighted by atomic mass is 9.48. The van der Waals surface area contributed by atoms with Gasteiger partial charge < -0.3 is 10.0 Å². The molecule has 23 heavy (non-hydrogen) atoms. The van der Waals surface area contributed by atoms with Gasteiger partial charge in [0.2, 0.25) is 5.91 Å². The second kappa shape index (κ2) is 4.62. The Morgan fingerprint density at radius 3 is 2.57 bits per heavy atom. The Morgan fingerprint density at radius 2 is 1.83 bits per heavy atom. The molecule has 6 atom stereocenters. The highest BCUT2D eigenvalue weighted by Gasteiger charge is 2.62. The highest BCUT2D eigenvalue weighted by atomic mass is 16.3. The topological polar surface area (TPSA) is 40.5 Å². The number of likely N-dealkylation sites (tertiary alicyclic amines) is 1. The summed E-state index contributed by atoms with van der Waals surface area (Å²) in [6.07, 6.45) is 9.58. The fourth-order valence-electron chi connectivity index (χ4n) is 6.82. The third kappa shape index (κ3) is 1.83. The molecule has 0 unspecified atom stereocenters.